The molecule has 0 spiro atoms. The summed E-state index contributed by atoms with van der Waals surface area (Å²) < 4.78 is 1.51. The van der Waals surface area contributed by atoms with Crippen molar-refractivity contribution >= 4 is 28.9 Å². The molecule has 0 radical (unpaired) electrons. The van der Waals surface area contributed by atoms with Crippen LogP contribution in [0.1, 0.15) is 35.3 Å². The first kappa shape index (κ1) is 15.9. The normalized spacial score (nSPS) is 14.8. The van der Waals surface area contributed by atoms with Gasteiger partial charge in [-0.05, 0) is 50.5 Å². The fourth-order valence-electron chi connectivity index (χ4n) is 2.99. The zero-order chi connectivity index (χ0) is 16.4. The van der Waals surface area contributed by atoms with Gasteiger partial charge < -0.3 is 10.2 Å². The Balaban J connectivity index is 1.71. The molecule has 0 unspecified atom stereocenters. The first-order valence-corrected chi connectivity index (χ1v) is 8.29. The van der Waals surface area contributed by atoms with Crippen molar-refractivity contribution in [1.29, 1.82) is 0 Å². The molecule has 1 aliphatic heterocycles. The number of nitrogens with one attached hydrogen (secondary N) is 1. The number of carbonyl (C=O) groups is 1. The van der Waals surface area contributed by atoms with Crippen LogP contribution in [0.15, 0.2) is 24.3 Å². The van der Waals surface area contributed by atoms with Crippen LogP contribution < -0.4 is 10.2 Å². The number of benzene rings is 1. The molecule has 1 amide bonds. The van der Waals surface area contributed by atoms with Gasteiger partial charge in [-0.3, -0.25) is 9.48 Å². The van der Waals surface area contributed by atoms with Gasteiger partial charge in [0.25, 0.3) is 5.91 Å². The van der Waals surface area contributed by atoms with E-state index < -0.39 is 0 Å². The summed E-state index contributed by atoms with van der Waals surface area (Å²) in [6.07, 6.45) is 3.81. The predicted molar refractivity (Wildman–Crippen MR) is 93.4 cm³/mol. The minimum Gasteiger partial charge on any atom is -0.372 e. The van der Waals surface area contributed by atoms with Crippen molar-refractivity contribution in [3.8, 4) is 0 Å². The van der Waals surface area contributed by atoms with E-state index in [1.54, 1.807) is 14.0 Å². The number of anilines is 2. The van der Waals surface area contributed by atoms with E-state index >= 15 is 0 Å². The number of carbonyl (C=O) groups excluding carboxylic acids is 1. The van der Waals surface area contributed by atoms with E-state index in [0.29, 0.717) is 16.4 Å². The highest BCUT2D eigenvalue weighted by molar-refractivity contribution is 6.33. The van der Waals surface area contributed by atoms with E-state index in [2.05, 4.69) is 27.4 Å². The van der Waals surface area contributed by atoms with Crippen molar-refractivity contribution in [2.24, 2.45) is 7.05 Å². The topological polar surface area (TPSA) is 50.2 Å². The standard InChI is InChI=1S/C17H21ClN4O/c1-12-15(16(18)21(2)20-12)17(23)19-13-6-8-14(9-7-13)22-10-4-3-5-11-22/h6-9H,3-5,10-11H2,1-2H3,(H,19,23). The largest absolute Gasteiger partial charge is 0.372 e. The molecule has 1 N–H and O–H groups in total. The van der Waals surface area contributed by atoms with Gasteiger partial charge in [-0.1, -0.05) is 11.6 Å². The number of hydrogen-bond donors (Lipinski definition) is 1. The molecular weight excluding hydrogens is 312 g/mol. The van der Waals surface area contributed by atoms with E-state index in [0.717, 1.165) is 18.8 Å². The fraction of sp³-hybridized carbons (Fsp3) is 0.412. The summed E-state index contributed by atoms with van der Waals surface area (Å²) in [6, 6.07) is 7.97. The number of halogens is 1. The molecule has 1 saturated heterocycles. The summed E-state index contributed by atoms with van der Waals surface area (Å²) in [5.74, 6) is -0.230. The minimum absolute atomic E-state index is 0.230. The summed E-state index contributed by atoms with van der Waals surface area (Å²) in [7, 11) is 1.72. The van der Waals surface area contributed by atoms with Gasteiger partial charge in [-0.2, -0.15) is 5.10 Å². The molecule has 2 heterocycles. The number of hydrogen-bond acceptors (Lipinski definition) is 3. The molecule has 6 heteroatoms. The van der Waals surface area contributed by atoms with Gasteiger partial charge in [-0.25, -0.2) is 0 Å². The number of amides is 1. The summed E-state index contributed by atoms with van der Waals surface area (Å²) >= 11 is 6.13. The van der Waals surface area contributed by atoms with Crippen LogP contribution in [0.3, 0.4) is 0 Å². The Morgan fingerprint density at radius 1 is 1.17 bits per heavy atom. The summed E-state index contributed by atoms with van der Waals surface area (Å²) in [4.78, 5) is 14.8. The lowest BCUT2D eigenvalue weighted by Gasteiger charge is -2.28. The van der Waals surface area contributed by atoms with Crippen LogP contribution in [0, 0.1) is 6.92 Å². The summed E-state index contributed by atoms with van der Waals surface area (Å²) in [6.45, 7) is 3.99. The second-order valence-corrected chi connectivity index (χ2v) is 6.28. The first-order chi connectivity index (χ1) is 11.1. The first-order valence-electron chi connectivity index (χ1n) is 7.91. The third kappa shape index (κ3) is 3.34. The van der Waals surface area contributed by atoms with Crippen LogP contribution in [0.5, 0.6) is 0 Å². The maximum Gasteiger partial charge on any atom is 0.260 e. The summed E-state index contributed by atoms with van der Waals surface area (Å²) in [5.41, 5.74) is 3.02. The second kappa shape index (κ2) is 6.62. The third-order valence-electron chi connectivity index (χ3n) is 4.23. The average Bonchev–Trinajstić information content (AvgIpc) is 2.81. The maximum absolute atomic E-state index is 12.4. The van der Waals surface area contributed by atoms with Crippen molar-refractivity contribution in [3.05, 3.63) is 40.7 Å². The Kier molecular flexibility index (Phi) is 4.57. The highest BCUT2D eigenvalue weighted by Gasteiger charge is 2.19. The van der Waals surface area contributed by atoms with Crippen LogP contribution in [-0.4, -0.2) is 28.8 Å². The second-order valence-electron chi connectivity index (χ2n) is 5.92. The molecule has 2 aromatic rings. The lowest BCUT2D eigenvalue weighted by molar-refractivity contribution is 0.102. The molecular formula is C17H21ClN4O. The highest BCUT2D eigenvalue weighted by Crippen LogP contribution is 2.23. The SMILES string of the molecule is Cc1nn(C)c(Cl)c1C(=O)Nc1ccc(N2CCCCC2)cc1. The zero-order valence-electron chi connectivity index (χ0n) is 13.5. The van der Waals surface area contributed by atoms with Crippen LogP contribution in [0.25, 0.3) is 0 Å². The number of rotatable bonds is 3. The lowest BCUT2D eigenvalue weighted by atomic mass is 10.1. The van der Waals surface area contributed by atoms with E-state index in [1.807, 2.05) is 12.1 Å². The molecule has 1 aromatic carbocycles. The fourth-order valence-corrected chi connectivity index (χ4v) is 3.25. The molecule has 1 aromatic heterocycles. The van der Waals surface area contributed by atoms with Crippen molar-refractivity contribution < 1.29 is 4.79 Å². The van der Waals surface area contributed by atoms with Gasteiger partial charge in [-0.15, -0.1) is 0 Å². The molecule has 1 aliphatic rings. The van der Waals surface area contributed by atoms with Crippen LogP contribution in [0.2, 0.25) is 5.15 Å². The Labute approximate surface area is 141 Å². The molecule has 122 valence electrons. The van der Waals surface area contributed by atoms with Gasteiger partial charge >= 0.3 is 0 Å². The molecule has 3 rings (SSSR count). The van der Waals surface area contributed by atoms with Gasteiger partial charge in [0.2, 0.25) is 0 Å². The summed E-state index contributed by atoms with van der Waals surface area (Å²) in [5, 5.41) is 7.41. The predicted octanol–water partition coefficient (Wildman–Crippen LogP) is 3.62. The van der Waals surface area contributed by atoms with Gasteiger partial charge in [0.1, 0.15) is 5.15 Å². The van der Waals surface area contributed by atoms with Crippen LogP contribution >= 0.6 is 11.6 Å². The molecule has 0 bridgehead atoms. The van der Waals surface area contributed by atoms with E-state index in [9.17, 15) is 4.79 Å². The number of piperidine rings is 1. The number of nitrogens with zero attached hydrogens (tertiary/aromatic N) is 3. The molecule has 0 saturated carbocycles. The Hall–Kier alpha value is -2.01. The maximum atomic E-state index is 12.4. The molecule has 0 aliphatic carbocycles. The molecule has 0 atom stereocenters. The Bertz CT molecular complexity index is 702. The van der Waals surface area contributed by atoms with Crippen molar-refractivity contribution in [1.82, 2.24) is 9.78 Å². The zero-order valence-corrected chi connectivity index (χ0v) is 14.2. The average molecular weight is 333 g/mol. The minimum atomic E-state index is -0.230. The van der Waals surface area contributed by atoms with E-state index in [1.165, 1.54) is 29.6 Å². The monoisotopic (exact) mass is 332 g/mol. The quantitative estimate of drug-likeness (QED) is 0.933. The van der Waals surface area contributed by atoms with Gasteiger partial charge in [0.15, 0.2) is 0 Å². The van der Waals surface area contributed by atoms with Crippen LogP contribution in [-0.2, 0) is 7.05 Å². The van der Waals surface area contributed by atoms with Crippen molar-refractivity contribution in [2.75, 3.05) is 23.3 Å². The smallest absolute Gasteiger partial charge is 0.260 e. The van der Waals surface area contributed by atoms with E-state index in [-0.39, 0.29) is 5.91 Å². The van der Waals surface area contributed by atoms with Crippen LogP contribution in [0.4, 0.5) is 11.4 Å². The highest BCUT2D eigenvalue weighted by atomic mass is 35.5. The third-order valence-corrected chi connectivity index (χ3v) is 4.66. The Morgan fingerprint density at radius 2 is 1.83 bits per heavy atom. The van der Waals surface area contributed by atoms with Gasteiger partial charge in [0, 0.05) is 31.5 Å². The molecule has 5 nitrogen and oxygen atoms in total. The molecule has 1 fully saturated rings. The van der Waals surface area contributed by atoms with Gasteiger partial charge in [0.05, 0.1) is 11.3 Å². The van der Waals surface area contributed by atoms with Crippen molar-refractivity contribution in [3.63, 3.8) is 0 Å². The lowest BCUT2D eigenvalue weighted by Crippen LogP contribution is -2.29. The molecule has 23 heavy (non-hydrogen) atoms. The Morgan fingerprint density at radius 3 is 2.39 bits per heavy atom. The number of aryl methyl sites for hydroxylation is 2. The number of aromatic nitrogens is 2. The van der Waals surface area contributed by atoms with E-state index in [4.69, 9.17) is 11.6 Å². The van der Waals surface area contributed by atoms with Crippen molar-refractivity contribution in [2.45, 2.75) is 26.2 Å².